The van der Waals surface area contributed by atoms with Crippen LogP contribution in [0.25, 0.3) is 10.9 Å². The summed E-state index contributed by atoms with van der Waals surface area (Å²) in [6.07, 6.45) is 2.41. The average Bonchev–Trinajstić information content (AvgIpc) is 3.01. The molecular formula is C19H21ClN2O2. The molecule has 3 rings (SSSR count). The quantitative estimate of drug-likeness (QED) is 0.549. The lowest BCUT2D eigenvalue weighted by Gasteiger charge is -2.13. The van der Waals surface area contributed by atoms with Crippen molar-refractivity contribution in [1.29, 1.82) is 0 Å². The highest BCUT2D eigenvalue weighted by molar-refractivity contribution is 6.30. The van der Waals surface area contributed by atoms with E-state index < -0.39 is 6.10 Å². The van der Waals surface area contributed by atoms with Crippen LogP contribution in [0.15, 0.2) is 54.7 Å². The van der Waals surface area contributed by atoms with Crippen molar-refractivity contribution >= 4 is 22.5 Å². The number of aromatic amines is 1. The second kappa shape index (κ2) is 8.20. The van der Waals surface area contributed by atoms with Crippen molar-refractivity contribution in [3.63, 3.8) is 0 Å². The number of nitrogens with one attached hydrogen (secondary N) is 2. The van der Waals surface area contributed by atoms with Crippen LogP contribution in [0.5, 0.6) is 5.75 Å². The molecular weight excluding hydrogens is 324 g/mol. The topological polar surface area (TPSA) is 57.3 Å². The van der Waals surface area contributed by atoms with Crippen LogP contribution in [0.3, 0.4) is 0 Å². The zero-order valence-electron chi connectivity index (χ0n) is 13.3. The molecule has 2 aromatic carbocycles. The number of para-hydroxylation sites is 1. The maximum atomic E-state index is 9.97. The molecule has 1 heterocycles. The van der Waals surface area contributed by atoms with E-state index in [1.165, 1.54) is 10.9 Å². The van der Waals surface area contributed by atoms with Crippen LogP contribution in [-0.4, -0.2) is 35.9 Å². The van der Waals surface area contributed by atoms with Gasteiger partial charge in [0.05, 0.1) is 0 Å². The number of halogens is 1. The highest BCUT2D eigenvalue weighted by Crippen LogP contribution is 2.18. The van der Waals surface area contributed by atoms with Gasteiger partial charge in [0.1, 0.15) is 18.5 Å². The van der Waals surface area contributed by atoms with Gasteiger partial charge < -0.3 is 20.1 Å². The minimum absolute atomic E-state index is 0.252. The Morgan fingerprint density at radius 2 is 1.92 bits per heavy atom. The molecule has 1 aromatic heterocycles. The predicted molar refractivity (Wildman–Crippen MR) is 97.8 cm³/mol. The molecule has 0 spiro atoms. The summed E-state index contributed by atoms with van der Waals surface area (Å²) in [6.45, 7) is 1.55. The van der Waals surface area contributed by atoms with E-state index >= 15 is 0 Å². The third kappa shape index (κ3) is 4.51. The maximum absolute atomic E-state index is 9.97. The van der Waals surface area contributed by atoms with Crippen molar-refractivity contribution in [3.05, 3.63) is 65.3 Å². The highest BCUT2D eigenvalue weighted by Gasteiger charge is 2.06. The number of hydrogen-bond acceptors (Lipinski definition) is 3. The number of aromatic nitrogens is 1. The molecule has 0 unspecified atom stereocenters. The first-order valence-corrected chi connectivity index (χ1v) is 8.42. The Morgan fingerprint density at radius 1 is 1.12 bits per heavy atom. The smallest absolute Gasteiger partial charge is 0.119 e. The molecule has 0 saturated heterocycles. The Morgan fingerprint density at radius 3 is 2.75 bits per heavy atom. The SMILES string of the molecule is O[C@@H](CNCCc1c[nH]c2ccccc12)COc1ccc(Cl)cc1. The summed E-state index contributed by atoms with van der Waals surface area (Å²) in [5.74, 6) is 0.706. The molecule has 0 radical (unpaired) electrons. The summed E-state index contributed by atoms with van der Waals surface area (Å²) in [5.41, 5.74) is 2.44. The van der Waals surface area contributed by atoms with Gasteiger partial charge in [-0.05, 0) is 48.9 Å². The van der Waals surface area contributed by atoms with Crippen LogP contribution < -0.4 is 10.1 Å². The standard InChI is InChI=1S/C19H21ClN2O2/c20-15-5-7-17(8-6-15)24-13-16(23)12-21-10-9-14-11-22-19-4-2-1-3-18(14)19/h1-8,11,16,21-23H,9-10,12-13H2/t16-/m0/s1. The first-order chi connectivity index (χ1) is 11.7. The van der Waals surface area contributed by atoms with Crippen molar-refractivity contribution in [2.45, 2.75) is 12.5 Å². The molecule has 1 atom stereocenters. The molecule has 0 aliphatic carbocycles. The van der Waals surface area contributed by atoms with E-state index in [2.05, 4.69) is 22.4 Å². The summed E-state index contributed by atoms with van der Waals surface area (Å²) < 4.78 is 5.53. The molecule has 0 aliphatic rings. The normalized spacial score (nSPS) is 12.4. The number of aliphatic hydroxyl groups excluding tert-OH is 1. The highest BCUT2D eigenvalue weighted by atomic mass is 35.5. The molecule has 0 saturated carbocycles. The van der Waals surface area contributed by atoms with Crippen LogP contribution in [0, 0.1) is 0 Å². The summed E-state index contributed by atoms with van der Waals surface area (Å²) in [5, 5.41) is 15.2. The van der Waals surface area contributed by atoms with Gasteiger partial charge in [-0.25, -0.2) is 0 Å². The summed E-state index contributed by atoms with van der Waals surface area (Å²) in [6, 6.07) is 15.4. The number of H-pyrrole nitrogens is 1. The number of fused-ring (bicyclic) bond motifs is 1. The zero-order chi connectivity index (χ0) is 16.8. The second-order valence-electron chi connectivity index (χ2n) is 5.73. The summed E-state index contributed by atoms with van der Waals surface area (Å²) >= 11 is 5.82. The third-order valence-corrected chi connectivity index (χ3v) is 4.13. The molecule has 0 amide bonds. The van der Waals surface area contributed by atoms with Gasteiger partial charge in [-0.15, -0.1) is 0 Å². The lowest BCUT2D eigenvalue weighted by Crippen LogP contribution is -2.32. The Balaban J connectivity index is 1.37. The molecule has 0 aliphatic heterocycles. The summed E-state index contributed by atoms with van der Waals surface area (Å²) in [7, 11) is 0. The fourth-order valence-electron chi connectivity index (χ4n) is 2.61. The first kappa shape index (κ1) is 16.8. The third-order valence-electron chi connectivity index (χ3n) is 3.88. The van der Waals surface area contributed by atoms with Gasteiger partial charge in [0.15, 0.2) is 0 Å². The molecule has 0 bridgehead atoms. The molecule has 3 aromatic rings. The monoisotopic (exact) mass is 344 g/mol. The number of ether oxygens (including phenoxy) is 1. The lowest BCUT2D eigenvalue weighted by atomic mass is 10.1. The summed E-state index contributed by atoms with van der Waals surface area (Å²) in [4.78, 5) is 3.27. The van der Waals surface area contributed by atoms with Crippen LogP contribution in [0.2, 0.25) is 5.02 Å². The fraction of sp³-hybridized carbons (Fsp3) is 0.263. The Labute approximate surface area is 146 Å². The van der Waals surface area contributed by atoms with Crippen molar-refractivity contribution < 1.29 is 9.84 Å². The van der Waals surface area contributed by atoms with Crippen LogP contribution in [0.1, 0.15) is 5.56 Å². The van der Waals surface area contributed by atoms with E-state index in [1.807, 2.05) is 18.3 Å². The van der Waals surface area contributed by atoms with E-state index in [-0.39, 0.29) is 6.61 Å². The average molecular weight is 345 g/mol. The maximum Gasteiger partial charge on any atom is 0.119 e. The molecule has 126 valence electrons. The number of hydrogen-bond donors (Lipinski definition) is 3. The zero-order valence-corrected chi connectivity index (χ0v) is 14.1. The molecule has 3 N–H and O–H groups in total. The van der Waals surface area contributed by atoms with Gasteiger partial charge in [0.25, 0.3) is 0 Å². The predicted octanol–water partition coefficient (Wildman–Crippen LogP) is 3.39. The Hall–Kier alpha value is -2.01. The van der Waals surface area contributed by atoms with Crippen LogP contribution in [-0.2, 0) is 6.42 Å². The molecule has 4 nitrogen and oxygen atoms in total. The van der Waals surface area contributed by atoms with E-state index in [1.54, 1.807) is 24.3 Å². The first-order valence-electron chi connectivity index (χ1n) is 8.04. The van der Waals surface area contributed by atoms with E-state index in [0.717, 1.165) is 18.5 Å². The van der Waals surface area contributed by atoms with Crippen molar-refractivity contribution in [2.75, 3.05) is 19.7 Å². The van der Waals surface area contributed by atoms with Gasteiger partial charge >= 0.3 is 0 Å². The molecule has 5 heteroatoms. The van der Waals surface area contributed by atoms with Crippen molar-refractivity contribution in [3.8, 4) is 5.75 Å². The number of rotatable bonds is 8. The second-order valence-corrected chi connectivity index (χ2v) is 6.17. The van der Waals surface area contributed by atoms with Crippen molar-refractivity contribution in [1.82, 2.24) is 10.3 Å². The minimum Gasteiger partial charge on any atom is -0.491 e. The van der Waals surface area contributed by atoms with Gasteiger partial charge in [0.2, 0.25) is 0 Å². The molecule has 0 fully saturated rings. The van der Waals surface area contributed by atoms with E-state index in [0.29, 0.717) is 17.3 Å². The van der Waals surface area contributed by atoms with E-state index in [9.17, 15) is 5.11 Å². The fourth-order valence-corrected chi connectivity index (χ4v) is 2.74. The Bertz CT molecular complexity index is 770. The van der Waals surface area contributed by atoms with Gasteiger partial charge in [-0.2, -0.15) is 0 Å². The lowest BCUT2D eigenvalue weighted by molar-refractivity contribution is 0.106. The largest absolute Gasteiger partial charge is 0.491 e. The number of aliphatic hydroxyl groups is 1. The van der Waals surface area contributed by atoms with Gasteiger partial charge in [-0.3, -0.25) is 0 Å². The Kier molecular flexibility index (Phi) is 5.75. The minimum atomic E-state index is -0.552. The number of benzene rings is 2. The van der Waals surface area contributed by atoms with Crippen LogP contribution in [0.4, 0.5) is 0 Å². The molecule has 24 heavy (non-hydrogen) atoms. The van der Waals surface area contributed by atoms with Crippen LogP contribution >= 0.6 is 11.6 Å². The van der Waals surface area contributed by atoms with Gasteiger partial charge in [0, 0.05) is 28.7 Å². The van der Waals surface area contributed by atoms with E-state index in [4.69, 9.17) is 16.3 Å². The van der Waals surface area contributed by atoms with Gasteiger partial charge in [-0.1, -0.05) is 29.8 Å². The van der Waals surface area contributed by atoms with Crippen molar-refractivity contribution in [2.24, 2.45) is 0 Å².